The zero-order valence-corrected chi connectivity index (χ0v) is 14.9. The molecule has 0 saturated heterocycles. The van der Waals surface area contributed by atoms with Crippen molar-refractivity contribution in [2.45, 2.75) is 13.2 Å². The van der Waals surface area contributed by atoms with Crippen LogP contribution in [0.25, 0.3) is 0 Å². The fourth-order valence-corrected chi connectivity index (χ4v) is 2.52. The maximum atomic E-state index is 10.9. The summed E-state index contributed by atoms with van der Waals surface area (Å²) in [4.78, 5) is 10.9. The molecule has 0 aliphatic heterocycles. The number of rotatable bonds is 8. The van der Waals surface area contributed by atoms with Gasteiger partial charge in [-0.2, -0.15) is 0 Å². The first kappa shape index (κ1) is 18.3. The van der Waals surface area contributed by atoms with Crippen molar-refractivity contribution >= 4 is 5.97 Å². The maximum absolute atomic E-state index is 10.9. The van der Waals surface area contributed by atoms with Gasteiger partial charge in [0.05, 0.1) is 12.7 Å². The van der Waals surface area contributed by atoms with Gasteiger partial charge in [-0.15, -0.1) is 0 Å². The Morgan fingerprint density at radius 1 is 0.815 bits per heavy atom. The largest absolute Gasteiger partial charge is 0.493 e. The third-order valence-corrected chi connectivity index (χ3v) is 3.97. The van der Waals surface area contributed by atoms with Gasteiger partial charge in [-0.1, -0.05) is 36.4 Å². The standard InChI is InChI=1S/C22H20O5/c1-25-21-13-17(15-26-19-10-8-18(9-11-19)22(23)24)7-12-20(21)27-14-16-5-3-2-4-6-16/h2-13H,14-15H2,1H3,(H,23,24). The number of methoxy groups -OCH3 is 1. The van der Waals surface area contributed by atoms with E-state index in [-0.39, 0.29) is 5.56 Å². The van der Waals surface area contributed by atoms with E-state index in [9.17, 15) is 4.79 Å². The van der Waals surface area contributed by atoms with Crippen molar-refractivity contribution in [2.75, 3.05) is 7.11 Å². The van der Waals surface area contributed by atoms with Gasteiger partial charge in [-0.3, -0.25) is 0 Å². The van der Waals surface area contributed by atoms with E-state index < -0.39 is 5.97 Å². The van der Waals surface area contributed by atoms with E-state index in [1.54, 1.807) is 19.2 Å². The van der Waals surface area contributed by atoms with Crippen LogP contribution in [0.4, 0.5) is 0 Å². The summed E-state index contributed by atoms with van der Waals surface area (Å²) in [7, 11) is 1.60. The highest BCUT2D eigenvalue weighted by molar-refractivity contribution is 5.87. The Labute approximate surface area is 157 Å². The predicted molar refractivity (Wildman–Crippen MR) is 102 cm³/mol. The highest BCUT2D eigenvalue weighted by Crippen LogP contribution is 2.29. The van der Waals surface area contributed by atoms with Crippen LogP contribution >= 0.6 is 0 Å². The summed E-state index contributed by atoms with van der Waals surface area (Å²) < 4.78 is 17.0. The minimum absolute atomic E-state index is 0.226. The molecule has 0 radical (unpaired) electrons. The van der Waals surface area contributed by atoms with Crippen LogP contribution in [0.3, 0.4) is 0 Å². The quantitative estimate of drug-likeness (QED) is 0.635. The van der Waals surface area contributed by atoms with E-state index in [1.807, 2.05) is 48.5 Å². The molecule has 0 fully saturated rings. The minimum Gasteiger partial charge on any atom is -0.493 e. The Balaban J connectivity index is 1.62. The van der Waals surface area contributed by atoms with E-state index in [4.69, 9.17) is 19.3 Å². The first-order valence-electron chi connectivity index (χ1n) is 8.45. The predicted octanol–water partition coefficient (Wildman–Crippen LogP) is 4.55. The molecule has 138 valence electrons. The van der Waals surface area contributed by atoms with Crippen LogP contribution < -0.4 is 14.2 Å². The van der Waals surface area contributed by atoms with Crippen molar-refractivity contribution in [3.8, 4) is 17.2 Å². The zero-order chi connectivity index (χ0) is 19.1. The molecule has 0 saturated carbocycles. The molecule has 0 aliphatic carbocycles. The monoisotopic (exact) mass is 364 g/mol. The summed E-state index contributed by atoms with van der Waals surface area (Å²) in [6.07, 6.45) is 0. The molecule has 0 amide bonds. The lowest BCUT2D eigenvalue weighted by molar-refractivity contribution is 0.0697. The molecule has 0 spiro atoms. The Kier molecular flexibility index (Phi) is 5.94. The third-order valence-electron chi connectivity index (χ3n) is 3.97. The first-order chi connectivity index (χ1) is 13.2. The Hall–Kier alpha value is -3.47. The topological polar surface area (TPSA) is 65.0 Å². The second-order valence-corrected chi connectivity index (χ2v) is 5.88. The van der Waals surface area contributed by atoms with Crippen LogP contribution in [-0.4, -0.2) is 18.2 Å². The molecule has 5 heteroatoms. The zero-order valence-electron chi connectivity index (χ0n) is 14.9. The molecule has 0 aliphatic rings. The molecule has 5 nitrogen and oxygen atoms in total. The number of carboxylic acid groups (broad SMARTS) is 1. The Morgan fingerprint density at radius 2 is 1.52 bits per heavy atom. The summed E-state index contributed by atoms with van der Waals surface area (Å²) in [5.41, 5.74) is 2.22. The van der Waals surface area contributed by atoms with Crippen molar-refractivity contribution in [1.29, 1.82) is 0 Å². The summed E-state index contributed by atoms with van der Waals surface area (Å²) in [5.74, 6) is 0.935. The fourth-order valence-electron chi connectivity index (χ4n) is 2.52. The minimum atomic E-state index is -0.961. The van der Waals surface area contributed by atoms with Gasteiger partial charge in [0.2, 0.25) is 0 Å². The average Bonchev–Trinajstić information content (AvgIpc) is 2.72. The molecule has 3 aromatic carbocycles. The van der Waals surface area contributed by atoms with E-state index in [0.29, 0.717) is 30.5 Å². The van der Waals surface area contributed by atoms with Gasteiger partial charge < -0.3 is 19.3 Å². The van der Waals surface area contributed by atoms with Crippen LogP contribution in [-0.2, 0) is 13.2 Å². The fraction of sp³-hybridized carbons (Fsp3) is 0.136. The van der Waals surface area contributed by atoms with E-state index in [2.05, 4.69) is 0 Å². The summed E-state index contributed by atoms with van der Waals surface area (Å²) in [6.45, 7) is 0.796. The van der Waals surface area contributed by atoms with E-state index in [0.717, 1.165) is 11.1 Å². The van der Waals surface area contributed by atoms with Crippen LogP contribution in [0.2, 0.25) is 0 Å². The van der Waals surface area contributed by atoms with Crippen molar-refractivity contribution in [3.63, 3.8) is 0 Å². The first-order valence-corrected chi connectivity index (χ1v) is 8.45. The summed E-state index contributed by atoms with van der Waals surface area (Å²) in [5, 5.41) is 8.92. The van der Waals surface area contributed by atoms with Crippen molar-refractivity contribution in [2.24, 2.45) is 0 Å². The molecular formula is C22H20O5. The molecule has 0 bridgehead atoms. The highest BCUT2D eigenvalue weighted by Gasteiger charge is 2.08. The molecule has 0 heterocycles. The van der Waals surface area contributed by atoms with Gasteiger partial charge in [0, 0.05) is 0 Å². The number of ether oxygens (including phenoxy) is 3. The molecular weight excluding hydrogens is 344 g/mol. The highest BCUT2D eigenvalue weighted by atomic mass is 16.5. The van der Waals surface area contributed by atoms with Crippen LogP contribution in [0.15, 0.2) is 72.8 Å². The second-order valence-electron chi connectivity index (χ2n) is 5.88. The van der Waals surface area contributed by atoms with Crippen LogP contribution in [0.1, 0.15) is 21.5 Å². The molecule has 0 unspecified atom stereocenters. The van der Waals surface area contributed by atoms with Crippen molar-refractivity contribution in [3.05, 3.63) is 89.5 Å². The molecule has 0 aromatic heterocycles. The average molecular weight is 364 g/mol. The van der Waals surface area contributed by atoms with Crippen LogP contribution in [0, 0.1) is 0 Å². The van der Waals surface area contributed by atoms with E-state index >= 15 is 0 Å². The Bertz CT molecular complexity index is 888. The lowest BCUT2D eigenvalue weighted by Gasteiger charge is -2.13. The number of carboxylic acids is 1. The lowest BCUT2D eigenvalue weighted by Crippen LogP contribution is -2.00. The van der Waals surface area contributed by atoms with Crippen LogP contribution in [0.5, 0.6) is 17.2 Å². The van der Waals surface area contributed by atoms with E-state index in [1.165, 1.54) is 12.1 Å². The summed E-state index contributed by atoms with van der Waals surface area (Å²) >= 11 is 0. The van der Waals surface area contributed by atoms with Gasteiger partial charge in [0.25, 0.3) is 0 Å². The number of carbonyl (C=O) groups is 1. The Morgan fingerprint density at radius 3 is 2.19 bits per heavy atom. The molecule has 1 N–H and O–H groups in total. The molecule has 3 aromatic rings. The molecule has 0 atom stereocenters. The van der Waals surface area contributed by atoms with Gasteiger partial charge in [-0.25, -0.2) is 4.79 Å². The number of aromatic carboxylic acids is 1. The molecule has 27 heavy (non-hydrogen) atoms. The number of hydrogen-bond donors (Lipinski definition) is 1. The summed E-state index contributed by atoms with van der Waals surface area (Å²) in [6, 6.07) is 21.9. The SMILES string of the molecule is COc1cc(COc2ccc(C(=O)O)cc2)ccc1OCc1ccccc1. The van der Waals surface area contributed by atoms with Crippen molar-refractivity contribution in [1.82, 2.24) is 0 Å². The smallest absolute Gasteiger partial charge is 0.335 e. The number of benzene rings is 3. The lowest BCUT2D eigenvalue weighted by atomic mass is 10.2. The second kappa shape index (κ2) is 8.76. The molecule has 3 rings (SSSR count). The van der Waals surface area contributed by atoms with Gasteiger partial charge in [0.1, 0.15) is 19.0 Å². The van der Waals surface area contributed by atoms with Gasteiger partial charge >= 0.3 is 5.97 Å². The maximum Gasteiger partial charge on any atom is 0.335 e. The third kappa shape index (κ3) is 5.01. The number of hydrogen-bond acceptors (Lipinski definition) is 4. The van der Waals surface area contributed by atoms with Gasteiger partial charge in [-0.05, 0) is 47.5 Å². The van der Waals surface area contributed by atoms with Gasteiger partial charge in [0.15, 0.2) is 11.5 Å². The van der Waals surface area contributed by atoms with Crippen molar-refractivity contribution < 1.29 is 24.1 Å². The normalized spacial score (nSPS) is 10.3.